The number of fused-ring (bicyclic) bond motifs is 1. The molecule has 0 amide bonds. The minimum absolute atomic E-state index is 0.0496. The number of rotatable bonds is 2. The Kier molecular flexibility index (Phi) is 2.81. The summed E-state index contributed by atoms with van der Waals surface area (Å²) < 4.78 is 1.36. The Morgan fingerprint density at radius 1 is 1.35 bits per heavy atom. The Morgan fingerprint density at radius 3 is 2.80 bits per heavy atom. The van der Waals surface area contributed by atoms with E-state index in [4.69, 9.17) is 5.73 Å². The van der Waals surface area contributed by atoms with E-state index in [9.17, 15) is 15.0 Å². The molecule has 7 heteroatoms. The number of hydrogen-bond acceptors (Lipinski definition) is 5. The van der Waals surface area contributed by atoms with E-state index in [1.165, 1.54) is 4.68 Å². The molecule has 7 nitrogen and oxygen atoms in total. The third kappa shape index (κ3) is 1.87. The van der Waals surface area contributed by atoms with Crippen LogP contribution in [-0.4, -0.2) is 30.9 Å². The lowest BCUT2D eigenvalue weighted by atomic mass is 9.88. The molecule has 2 aromatic rings. The predicted octanol–water partition coefficient (Wildman–Crippen LogP) is 1.12. The highest BCUT2D eigenvalue weighted by Crippen LogP contribution is 2.40. The maximum atomic E-state index is 11.3. The molecule has 2 heterocycles. The first-order valence-corrected chi connectivity index (χ1v) is 6.30. The Hall–Kier alpha value is -2.57. The second-order valence-electron chi connectivity index (χ2n) is 4.82. The summed E-state index contributed by atoms with van der Waals surface area (Å²) in [6.45, 7) is 0. The predicted molar refractivity (Wildman–Crippen MR) is 70.3 cm³/mol. The Labute approximate surface area is 114 Å². The van der Waals surface area contributed by atoms with Gasteiger partial charge < -0.3 is 15.9 Å². The normalized spacial score (nSPS) is 21.4. The van der Waals surface area contributed by atoms with Gasteiger partial charge in [0.15, 0.2) is 6.04 Å². The van der Waals surface area contributed by atoms with E-state index in [1.807, 2.05) is 6.07 Å². The summed E-state index contributed by atoms with van der Waals surface area (Å²) in [5.74, 6) is -0.445. The van der Waals surface area contributed by atoms with Crippen LogP contribution in [0, 0.1) is 0 Å². The monoisotopic (exact) mass is 274 g/mol. The SMILES string of the molecule is Nc1nc2n(n1)C(C(=O)O)CCC2c1ccccc1O. The number of phenols is 1. The number of carboxylic acid groups (broad SMARTS) is 1. The van der Waals surface area contributed by atoms with E-state index >= 15 is 0 Å². The number of carbonyl (C=O) groups is 1. The minimum atomic E-state index is -0.952. The van der Waals surface area contributed by atoms with Crippen LogP contribution in [0.25, 0.3) is 0 Å². The van der Waals surface area contributed by atoms with Gasteiger partial charge in [0.2, 0.25) is 5.95 Å². The van der Waals surface area contributed by atoms with Gasteiger partial charge >= 0.3 is 5.97 Å². The summed E-state index contributed by atoms with van der Waals surface area (Å²) in [6, 6.07) is 6.21. The van der Waals surface area contributed by atoms with Gasteiger partial charge in [0.25, 0.3) is 0 Å². The van der Waals surface area contributed by atoms with Crippen molar-refractivity contribution < 1.29 is 15.0 Å². The van der Waals surface area contributed by atoms with Crippen molar-refractivity contribution in [1.29, 1.82) is 0 Å². The molecule has 3 rings (SSSR count). The van der Waals surface area contributed by atoms with E-state index < -0.39 is 12.0 Å². The summed E-state index contributed by atoms with van der Waals surface area (Å²) in [5, 5.41) is 23.2. The zero-order valence-corrected chi connectivity index (χ0v) is 10.6. The van der Waals surface area contributed by atoms with E-state index in [-0.39, 0.29) is 17.6 Å². The fourth-order valence-electron chi connectivity index (χ4n) is 2.70. The maximum Gasteiger partial charge on any atom is 0.328 e. The van der Waals surface area contributed by atoms with Crippen LogP contribution in [-0.2, 0) is 4.79 Å². The molecule has 0 bridgehead atoms. The Balaban J connectivity index is 2.09. The standard InChI is InChI=1S/C13H14N4O3/c14-13-15-11-8(7-3-1-2-4-10(7)18)5-6-9(12(19)20)17(11)16-13/h1-4,8-9,18H,5-6H2,(H2,14,16)(H,19,20). The van der Waals surface area contributed by atoms with Crippen molar-refractivity contribution in [3.05, 3.63) is 35.7 Å². The van der Waals surface area contributed by atoms with Crippen LogP contribution in [0.2, 0.25) is 0 Å². The largest absolute Gasteiger partial charge is 0.508 e. The van der Waals surface area contributed by atoms with Gasteiger partial charge in [-0.1, -0.05) is 18.2 Å². The molecule has 1 aromatic heterocycles. The number of nitrogen functional groups attached to an aromatic ring is 1. The number of nitrogens with zero attached hydrogens (tertiary/aromatic N) is 3. The van der Waals surface area contributed by atoms with Crippen LogP contribution in [0.1, 0.15) is 36.2 Å². The maximum absolute atomic E-state index is 11.3. The van der Waals surface area contributed by atoms with E-state index in [0.29, 0.717) is 24.2 Å². The number of para-hydroxylation sites is 1. The molecule has 0 fully saturated rings. The van der Waals surface area contributed by atoms with Gasteiger partial charge in [0.05, 0.1) is 0 Å². The first kappa shape index (κ1) is 12.5. The van der Waals surface area contributed by atoms with Crippen molar-refractivity contribution in [3.8, 4) is 5.75 Å². The number of nitrogens with two attached hydrogens (primary N) is 1. The lowest BCUT2D eigenvalue weighted by Gasteiger charge is -2.27. The average Bonchev–Trinajstić information content (AvgIpc) is 2.79. The third-order valence-corrected chi connectivity index (χ3v) is 3.61. The first-order chi connectivity index (χ1) is 9.58. The zero-order chi connectivity index (χ0) is 14.3. The second kappa shape index (κ2) is 4.52. The van der Waals surface area contributed by atoms with Crippen molar-refractivity contribution >= 4 is 11.9 Å². The van der Waals surface area contributed by atoms with Crippen molar-refractivity contribution in [2.24, 2.45) is 0 Å². The number of hydrogen-bond donors (Lipinski definition) is 3. The van der Waals surface area contributed by atoms with Gasteiger partial charge in [-0.3, -0.25) is 0 Å². The minimum Gasteiger partial charge on any atom is -0.508 e. The number of aliphatic carboxylic acids is 1. The first-order valence-electron chi connectivity index (χ1n) is 6.30. The van der Waals surface area contributed by atoms with Gasteiger partial charge in [-0.2, -0.15) is 4.98 Å². The number of benzene rings is 1. The van der Waals surface area contributed by atoms with E-state index in [0.717, 1.165) is 0 Å². The van der Waals surface area contributed by atoms with Gasteiger partial charge in [-0.25, -0.2) is 9.48 Å². The van der Waals surface area contributed by atoms with Gasteiger partial charge in [0.1, 0.15) is 11.6 Å². The molecule has 1 aliphatic rings. The molecule has 1 aliphatic heterocycles. The number of aromatic hydroxyl groups is 1. The third-order valence-electron chi connectivity index (χ3n) is 3.61. The topological polar surface area (TPSA) is 114 Å². The Bertz CT molecular complexity index is 667. The summed E-state index contributed by atoms with van der Waals surface area (Å²) in [6.07, 6.45) is 0.997. The average molecular weight is 274 g/mol. The van der Waals surface area contributed by atoms with Crippen molar-refractivity contribution in [1.82, 2.24) is 14.8 Å². The van der Waals surface area contributed by atoms with E-state index in [2.05, 4.69) is 10.1 Å². The molecule has 20 heavy (non-hydrogen) atoms. The molecular formula is C13H14N4O3. The quantitative estimate of drug-likeness (QED) is 0.756. The molecule has 0 saturated carbocycles. The number of phenolic OH excluding ortho intramolecular Hbond substituents is 1. The van der Waals surface area contributed by atoms with Crippen LogP contribution in [0.3, 0.4) is 0 Å². The molecule has 2 atom stereocenters. The molecule has 1 aromatic carbocycles. The smallest absolute Gasteiger partial charge is 0.328 e. The molecular weight excluding hydrogens is 260 g/mol. The van der Waals surface area contributed by atoms with Crippen molar-refractivity contribution in [3.63, 3.8) is 0 Å². The van der Waals surface area contributed by atoms with Gasteiger partial charge in [-0.05, 0) is 18.9 Å². The fourth-order valence-corrected chi connectivity index (χ4v) is 2.70. The molecule has 0 radical (unpaired) electrons. The molecule has 0 spiro atoms. The lowest BCUT2D eigenvalue weighted by molar-refractivity contribution is -0.141. The van der Waals surface area contributed by atoms with Crippen LogP contribution in [0.15, 0.2) is 24.3 Å². The van der Waals surface area contributed by atoms with Gasteiger partial charge in [0, 0.05) is 11.5 Å². The second-order valence-corrected chi connectivity index (χ2v) is 4.82. The highest BCUT2D eigenvalue weighted by Gasteiger charge is 2.35. The molecule has 4 N–H and O–H groups in total. The fraction of sp³-hybridized carbons (Fsp3) is 0.308. The number of carboxylic acids is 1. The Morgan fingerprint density at radius 2 is 2.10 bits per heavy atom. The van der Waals surface area contributed by atoms with Crippen LogP contribution in [0.4, 0.5) is 5.95 Å². The number of aromatic nitrogens is 3. The van der Waals surface area contributed by atoms with E-state index in [1.54, 1.807) is 18.2 Å². The highest BCUT2D eigenvalue weighted by molar-refractivity contribution is 5.72. The molecule has 2 unspecified atom stereocenters. The number of anilines is 1. The molecule has 0 saturated heterocycles. The van der Waals surface area contributed by atoms with Crippen molar-refractivity contribution in [2.45, 2.75) is 24.8 Å². The van der Waals surface area contributed by atoms with Crippen LogP contribution >= 0.6 is 0 Å². The van der Waals surface area contributed by atoms with Crippen LogP contribution < -0.4 is 5.73 Å². The summed E-state index contributed by atoms with van der Waals surface area (Å²) in [4.78, 5) is 15.4. The summed E-state index contributed by atoms with van der Waals surface area (Å²) >= 11 is 0. The summed E-state index contributed by atoms with van der Waals surface area (Å²) in [7, 11) is 0. The lowest BCUT2D eigenvalue weighted by Crippen LogP contribution is -2.28. The van der Waals surface area contributed by atoms with Crippen LogP contribution in [0.5, 0.6) is 5.75 Å². The molecule has 104 valence electrons. The molecule has 0 aliphatic carbocycles. The van der Waals surface area contributed by atoms with Crippen molar-refractivity contribution in [2.75, 3.05) is 5.73 Å². The zero-order valence-electron chi connectivity index (χ0n) is 10.6. The highest BCUT2D eigenvalue weighted by atomic mass is 16.4. The van der Waals surface area contributed by atoms with Gasteiger partial charge in [-0.15, -0.1) is 5.10 Å². The summed E-state index contributed by atoms with van der Waals surface area (Å²) in [5.41, 5.74) is 6.31.